The molecule has 1 unspecified atom stereocenters. The smallest absolute Gasteiger partial charge is 0.0431 e. The molecule has 0 radical (unpaired) electrons. The molecule has 1 fully saturated rings. The van der Waals surface area contributed by atoms with Crippen molar-refractivity contribution in [1.29, 1.82) is 0 Å². The van der Waals surface area contributed by atoms with E-state index in [1.54, 1.807) is 0 Å². The fraction of sp³-hybridized carbons (Fsp3) is 0.750. The second-order valence-electron chi connectivity index (χ2n) is 3.06. The van der Waals surface area contributed by atoms with E-state index in [2.05, 4.69) is 12.2 Å². The van der Waals surface area contributed by atoms with Crippen molar-refractivity contribution in [1.82, 2.24) is 5.32 Å². The Morgan fingerprint density at radius 1 is 1.73 bits per heavy atom. The maximum atomic E-state index is 5.70. The van der Waals surface area contributed by atoms with Crippen molar-refractivity contribution in [3.8, 4) is 0 Å². The Kier molecular flexibility index (Phi) is 3.70. The molecule has 1 aliphatic carbocycles. The highest BCUT2D eigenvalue weighted by Gasteiger charge is 2.27. The monoisotopic (exact) mass is 193 g/mol. The molecule has 1 nitrogen and oxygen atoms in total. The van der Waals surface area contributed by atoms with Crippen molar-refractivity contribution in [2.24, 2.45) is 5.92 Å². The molecule has 0 saturated heterocycles. The topological polar surface area (TPSA) is 12.0 Å². The zero-order chi connectivity index (χ0) is 8.27. The van der Waals surface area contributed by atoms with Gasteiger partial charge in [0, 0.05) is 23.2 Å². The van der Waals surface area contributed by atoms with E-state index in [0.29, 0.717) is 17.6 Å². The van der Waals surface area contributed by atoms with Crippen molar-refractivity contribution in [3.63, 3.8) is 0 Å². The maximum absolute atomic E-state index is 5.70. The Hall–Kier alpha value is 0.280. The van der Waals surface area contributed by atoms with Crippen molar-refractivity contribution in [3.05, 3.63) is 10.6 Å². The normalized spacial score (nSPS) is 21.9. The fourth-order valence-electron chi connectivity index (χ4n) is 1.06. The van der Waals surface area contributed by atoms with E-state index in [0.717, 1.165) is 5.92 Å². The third-order valence-electron chi connectivity index (χ3n) is 2.04. The van der Waals surface area contributed by atoms with Gasteiger partial charge in [0.05, 0.1) is 0 Å². The molecule has 1 saturated carbocycles. The molecule has 0 heterocycles. The van der Waals surface area contributed by atoms with Crippen LogP contribution in [0.25, 0.3) is 0 Å². The second-order valence-corrected chi connectivity index (χ2v) is 3.77. The van der Waals surface area contributed by atoms with Crippen molar-refractivity contribution < 1.29 is 0 Å². The van der Waals surface area contributed by atoms with Crippen LogP contribution in [0.15, 0.2) is 10.6 Å². The molecule has 0 aromatic rings. The molecule has 1 atom stereocenters. The van der Waals surface area contributed by atoms with E-state index in [9.17, 15) is 0 Å². The number of hydrogen-bond donors (Lipinski definition) is 1. The number of hydrogen-bond acceptors (Lipinski definition) is 1. The molecule has 1 aliphatic rings. The molecule has 0 bridgehead atoms. The minimum atomic E-state index is 0.584. The van der Waals surface area contributed by atoms with Crippen LogP contribution < -0.4 is 5.32 Å². The highest BCUT2D eigenvalue weighted by molar-refractivity contribution is 6.36. The van der Waals surface area contributed by atoms with Crippen LogP contribution in [-0.2, 0) is 0 Å². The van der Waals surface area contributed by atoms with Crippen LogP contribution in [0, 0.1) is 5.92 Å². The fourth-order valence-corrected chi connectivity index (χ4v) is 1.21. The summed E-state index contributed by atoms with van der Waals surface area (Å²) in [7, 11) is 0. The predicted molar refractivity (Wildman–Crippen MR) is 50.0 cm³/mol. The van der Waals surface area contributed by atoms with Gasteiger partial charge < -0.3 is 5.32 Å². The molecule has 64 valence electrons. The summed E-state index contributed by atoms with van der Waals surface area (Å²) < 4.78 is 0. The summed E-state index contributed by atoms with van der Waals surface area (Å²) >= 11 is 11.1. The molecule has 1 rings (SSSR count). The quantitative estimate of drug-likeness (QED) is 0.725. The summed E-state index contributed by atoms with van der Waals surface area (Å²) in [4.78, 5) is 0. The van der Waals surface area contributed by atoms with Gasteiger partial charge in [-0.2, -0.15) is 0 Å². The van der Waals surface area contributed by atoms with Gasteiger partial charge in [-0.05, 0) is 25.7 Å². The highest BCUT2D eigenvalue weighted by Crippen LogP contribution is 2.32. The van der Waals surface area contributed by atoms with Crippen LogP contribution in [0.1, 0.15) is 19.8 Å². The molecule has 0 spiro atoms. The molecule has 1 N–H and O–H groups in total. The Morgan fingerprint density at radius 2 is 2.36 bits per heavy atom. The first kappa shape index (κ1) is 9.37. The number of halogens is 2. The van der Waals surface area contributed by atoms with Gasteiger partial charge in [0.2, 0.25) is 0 Å². The van der Waals surface area contributed by atoms with E-state index in [4.69, 9.17) is 23.2 Å². The van der Waals surface area contributed by atoms with Gasteiger partial charge >= 0.3 is 0 Å². The lowest BCUT2D eigenvalue weighted by atomic mass is 10.2. The number of nitrogens with one attached hydrogen (secondary N) is 1. The summed E-state index contributed by atoms with van der Waals surface area (Å²) in [5, 5.41) is 3.99. The van der Waals surface area contributed by atoms with Crippen LogP contribution in [0.2, 0.25) is 0 Å². The van der Waals surface area contributed by atoms with Crippen LogP contribution in [0.3, 0.4) is 0 Å². The molecule has 0 amide bonds. The van der Waals surface area contributed by atoms with Gasteiger partial charge in [0.1, 0.15) is 0 Å². The van der Waals surface area contributed by atoms with Crippen molar-refractivity contribution in [2.75, 3.05) is 6.54 Å². The van der Waals surface area contributed by atoms with Gasteiger partial charge in [-0.3, -0.25) is 0 Å². The lowest BCUT2D eigenvalue weighted by Crippen LogP contribution is -2.28. The molecule has 11 heavy (non-hydrogen) atoms. The zero-order valence-electron chi connectivity index (χ0n) is 6.61. The summed E-state index contributed by atoms with van der Waals surface area (Å²) in [6.07, 6.45) is 2.72. The van der Waals surface area contributed by atoms with E-state index in [-0.39, 0.29) is 0 Å². The average molecular weight is 194 g/mol. The Balaban J connectivity index is 2.10. The summed E-state index contributed by atoms with van der Waals surface area (Å²) in [5.41, 5.74) is 1.41. The van der Waals surface area contributed by atoms with Gasteiger partial charge in [0.15, 0.2) is 0 Å². The standard InChI is InChI=1S/C8H13Cl2N/c1-6(7-2-3-7)11-5-8(10)4-9/h4,6-7,11H,2-3,5H2,1H3. The molecular formula is C8H13Cl2N. The average Bonchev–Trinajstić information content (AvgIpc) is 2.81. The Labute approximate surface area is 77.8 Å². The molecule has 0 aromatic carbocycles. The van der Waals surface area contributed by atoms with Crippen LogP contribution in [0.5, 0.6) is 0 Å². The first-order valence-corrected chi connectivity index (χ1v) is 4.73. The second kappa shape index (κ2) is 4.34. The molecule has 0 aliphatic heterocycles. The van der Waals surface area contributed by atoms with E-state index in [1.807, 2.05) is 0 Å². The molecular weight excluding hydrogens is 181 g/mol. The Morgan fingerprint density at radius 3 is 2.82 bits per heavy atom. The molecule has 0 aromatic heterocycles. The summed E-state index contributed by atoms with van der Waals surface area (Å²) in [6.45, 7) is 2.89. The van der Waals surface area contributed by atoms with Gasteiger partial charge in [-0.1, -0.05) is 23.2 Å². The van der Waals surface area contributed by atoms with E-state index < -0.39 is 0 Å². The lowest BCUT2D eigenvalue weighted by molar-refractivity contribution is 0.522. The predicted octanol–water partition coefficient (Wildman–Crippen LogP) is 2.69. The van der Waals surface area contributed by atoms with Gasteiger partial charge in [0.25, 0.3) is 0 Å². The largest absolute Gasteiger partial charge is 0.309 e. The summed E-state index contributed by atoms with van der Waals surface area (Å²) in [5.74, 6) is 0.870. The lowest BCUT2D eigenvalue weighted by Gasteiger charge is -2.10. The third-order valence-corrected chi connectivity index (χ3v) is 2.66. The zero-order valence-corrected chi connectivity index (χ0v) is 8.12. The highest BCUT2D eigenvalue weighted by atomic mass is 35.5. The first-order chi connectivity index (χ1) is 5.24. The first-order valence-electron chi connectivity index (χ1n) is 3.92. The Bertz CT molecular complexity index is 152. The van der Waals surface area contributed by atoms with Gasteiger partial charge in [-0.25, -0.2) is 0 Å². The van der Waals surface area contributed by atoms with Crippen LogP contribution in [0.4, 0.5) is 0 Å². The number of rotatable bonds is 4. The third kappa shape index (κ3) is 3.46. The van der Waals surface area contributed by atoms with E-state index >= 15 is 0 Å². The van der Waals surface area contributed by atoms with E-state index in [1.165, 1.54) is 18.4 Å². The minimum absolute atomic E-state index is 0.584. The van der Waals surface area contributed by atoms with Gasteiger partial charge in [-0.15, -0.1) is 0 Å². The molecule has 3 heteroatoms. The maximum Gasteiger partial charge on any atom is 0.0431 e. The van der Waals surface area contributed by atoms with Crippen molar-refractivity contribution in [2.45, 2.75) is 25.8 Å². The minimum Gasteiger partial charge on any atom is -0.309 e. The summed E-state index contributed by atoms with van der Waals surface area (Å²) in [6, 6.07) is 0.584. The van der Waals surface area contributed by atoms with Crippen LogP contribution in [-0.4, -0.2) is 12.6 Å². The SMILES string of the molecule is CC(NCC(Cl)=CCl)C1CC1. The van der Waals surface area contributed by atoms with Crippen molar-refractivity contribution >= 4 is 23.2 Å². The van der Waals surface area contributed by atoms with Crippen LogP contribution >= 0.6 is 23.2 Å².